The number of guanidine groups is 1. The minimum absolute atomic E-state index is 0. The Labute approximate surface area is 184 Å². The van der Waals surface area contributed by atoms with Gasteiger partial charge in [0.2, 0.25) is 0 Å². The number of ether oxygens (including phenoxy) is 3. The van der Waals surface area contributed by atoms with Gasteiger partial charge in [-0.3, -0.25) is 4.99 Å². The summed E-state index contributed by atoms with van der Waals surface area (Å²) in [5, 5.41) is 6.57. The summed E-state index contributed by atoms with van der Waals surface area (Å²) in [4.78, 5) is 4.26. The largest absolute Gasteiger partial charge is 0.493 e. The Bertz CT molecular complexity index is 726. The van der Waals surface area contributed by atoms with Gasteiger partial charge in [-0.2, -0.15) is 0 Å². The van der Waals surface area contributed by atoms with Crippen LogP contribution in [0.5, 0.6) is 11.5 Å². The number of hydrogen-bond donors (Lipinski definition) is 2. The molecular formula is C21H30IN3O3. The lowest BCUT2D eigenvalue weighted by atomic mass is 10.2. The molecule has 0 bridgehead atoms. The predicted molar refractivity (Wildman–Crippen MR) is 125 cm³/mol. The Morgan fingerprint density at radius 2 is 1.75 bits per heavy atom. The molecule has 0 aliphatic heterocycles. The SMILES string of the molecule is CN=C(NCC(C)COCc1ccccc1)Nc1ccc(OC)c(OC)c1.I. The molecule has 154 valence electrons. The molecule has 0 saturated carbocycles. The van der Waals surface area contributed by atoms with Crippen LogP contribution in [0, 0.1) is 5.92 Å². The van der Waals surface area contributed by atoms with Gasteiger partial charge < -0.3 is 24.8 Å². The summed E-state index contributed by atoms with van der Waals surface area (Å²) in [6, 6.07) is 15.8. The number of nitrogens with one attached hydrogen (secondary N) is 2. The number of rotatable bonds is 9. The van der Waals surface area contributed by atoms with Crippen LogP contribution in [0.4, 0.5) is 5.69 Å². The van der Waals surface area contributed by atoms with E-state index in [4.69, 9.17) is 14.2 Å². The maximum absolute atomic E-state index is 5.79. The molecule has 0 radical (unpaired) electrons. The number of anilines is 1. The third-order valence-corrected chi connectivity index (χ3v) is 4.00. The fraction of sp³-hybridized carbons (Fsp3) is 0.381. The van der Waals surface area contributed by atoms with Crippen LogP contribution in [0.1, 0.15) is 12.5 Å². The van der Waals surface area contributed by atoms with E-state index in [1.807, 2.05) is 36.4 Å². The number of hydrogen-bond acceptors (Lipinski definition) is 4. The molecule has 0 saturated heterocycles. The molecule has 6 nitrogen and oxygen atoms in total. The van der Waals surface area contributed by atoms with Crippen molar-refractivity contribution < 1.29 is 14.2 Å². The monoisotopic (exact) mass is 499 g/mol. The summed E-state index contributed by atoms with van der Waals surface area (Å²) in [7, 11) is 4.98. The van der Waals surface area contributed by atoms with Gasteiger partial charge in [0.25, 0.3) is 0 Å². The summed E-state index contributed by atoms with van der Waals surface area (Å²) in [6.45, 7) is 4.20. The van der Waals surface area contributed by atoms with Gasteiger partial charge >= 0.3 is 0 Å². The standard InChI is InChI=1S/C21H29N3O3.HI/c1-16(14-27-15-17-8-6-5-7-9-17)13-23-21(22-2)24-18-10-11-19(25-3)20(12-18)26-4;/h5-12,16H,13-15H2,1-4H3,(H2,22,23,24);1H. The molecular weight excluding hydrogens is 469 g/mol. The molecule has 7 heteroatoms. The molecule has 0 aromatic heterocycles. The third kappa shape index (κ3) is 7.93. The Balaban J connectivity index is 0.00000392. The zero-order valence-electron chi connectivity index (χ0n) is 16.9. The quantitative estimate of drug-likeness (QED) is 0.308. The van der Waals surface area contributed by atoms with Crippen molar-refractivity contribution in [3.63, 3.8) is 0 Å². The van der Waals surface area contributed by atoms with Crippen molar-refractivity contribution in [1.29, 1.82) is 0 Å². The van der Waals surface area contributed by atoms with Crippen LogP contribution in [0.2, 0.25) is 0 Å². The maximum atomic E-state index is 5.79. The number of halogens is 1. The molecule has 0 amide bonds. The Morgan fingerprint density at radius 1 is 1.04 bits per heavy atom. The Hall–Kier alpha value is -2.00. The van der Waals surface area contributed by atoms with Crippen LogP contribution < -0.4 is 20.1 Å². The van der Waals surface area contributed by atoms with Gasteiger partial charge in [-0.05, 0) is 23.6 Å². The van der Waals surface area contributed by atoms with Crippen molar-refractivity contribution >= 4 is 35.6 Å². The van der Waals surface area contributed by atoms with Crippen LogP contribution in [-0.2, 0) is 11.3 Å². The van der Waals surface area contributed by atoms with Crippen molar-refractivity contribution in [1.82, 2.24) is 5.32 Å². The van der Waals surface area contributed by atoms with E-state index in [1.165, 1.54) is 5.56 Å². The number of benzene rings is 2. The van der Waals surface area contributed by atoms with Gasteiger partial charge in [-0.15, -0.1) is 24.0 Å². The highest BCUT2D eigenvalue weighted by Crippen LogP contribution is 2.29. The van der Waals surface area contributed by atoms with Crippen molar-refractivity contribution in [3.8, 4) is 11.5 Å². The molecule has 2 rings (SSSR count). The zero-order chi connectivity index (χ0) is 19.5. The minimum atomic E-state index is 0. The topological polar surface area (TPSA) is 64.1 Å². The molecule has 0 aliphatic rings. The first-order valence-electron chi connectivity index (χ1n) is 8.97. The van der Waals surface area contributed by atoms with Gasteiger partial charge in [0, 0.05) is 25.3 Å². The molecule has 0 fully saturated rings. The van der Waals surface area contributed by atoms with Gasteiger partial charge in [0.15, 0.2) is 17.5 Å². The highest BCUT2D eigenvalue weighted by Gasteiger charge is 2.08. The second kappa shape index (κ2) is 13.2. The molecule has 1 atom stereocenters. The predicted octanol–water partition coefficient (Wildman–Crippen LogP) is 4.16. The smallest absolute Gasteiger partial charge is 0.195 e. The Morgan fingerprint density at radius 3 is 2.39 bits per heavy atom. The second-order valence-corrected chi connectivity index (χ2v) is 6.25. The van der Waals surface area contributed by atoms with Gasteiger partial charge in [-0.25, -0.2) is 0 Å². The highest BCUT2D eigenvalue weighted by molar-refractivity contribution is 14.0. The second-order valence-electron chi connectivity index (χ2n) is 6.25. The first-order chi connectivity index (χ1) is 13.2. The fourth-order valence-electron chi connectivity index (χ4n) is 2.51. The van der Waals surface area contributed by atoms with Crippen LogP contribution in [-0.4, -0.2) is 40.4 Å². The minimum Gasteiger partial charge on any atom is -0.493 e. The lowest BCUT2D eigenvalue weighted by Crippen LogP contribution is -2.35. The van der Waals surface area contributed by atoms with E-state index in [0.717, 1.165) is 12.2 Å². The Kier molecular flexibility index (Phi) is 11.4. The fourth-order valence-corrected chi connectivity index (χ4v) is 2.51. The van der Waals surface area contributed by atoms with E-state index in [1.54, 1.807) is 21.3 Å². The first kappa shape index (κ1) is 24.0. The summed E-state index contributed by atoms with van der Waals surface area (Å²) in [5.41, 5.74) is 2.05. The van der Waals surface area contributed by atoms with Gasteiger partial charge in [-0.1, -0.05) is 37.3 Å². The number of aliphatic imine (C=N–C) groups is 1. The molecule has 2 aromatic rings. The molecule has 2 aromatic carbocycles. The summed E-state index contributed by atoms with van der Waals surface area (Å²) < 4.78 is 16.4. The normalized spacial score (nSPS) is 11.9. The van der Waals surface area contributed by atoms with Gasteiger partial charge in [0.1, 0.15) is 0 Å². The van der Waals surface area contributed by atoms with E-state index in [0.29, 0.717) is 36.6 Å². The number of methoxy groups -OCH3 is 2. The molecule has 0 aliphatic carbocycles. The van der Waals surface area contributed by atoms with Gasteiger partial charge in [0.05, 0.1) is 27.4 Å². The van der Waals surface area contributed by atoms with Crippen molar-refractivity contribution in [3.05, 3.63) is 54.1 Å². The third-order valence-electron chi connectivity index (χ3n) is 4.00. The van der Waals surface area contributed by atoms with Crippen molar-refractivity contribution in [2.75, 3.05) is 39.7 Å². The van der Waals surface area contributed by atoms with E-state index in [-0.39, 0.29) is 24.0 Å². The van der Waals surface area contributed by atoms with Crippen LogP contribution >= 0.6 is 24.0 Å². The maximum Gasteiger partial charge on any atom is 0.195 e. The molecule has 0 spiro atoms. The average molecular weight is 499 g/mol. The lowest BCUT2D eigenvalue weighted by Gasteiger charge is -2.17. The number of nitrogens with zero attached hydrogens (tertiary/aromatic N) is 1. The molecule has 2 N–H and O–H groups in total. The van der Waals surface area contributed by atoms with E-state index < -0.39 is 0 Å². The molecule has 0 heterocycles. The first-order valence-corrected chi connectivity index (χ1v) is 8.97. The molecule has 1 unspecified atom stereocenters. The van der Waals surface area contributed by atoms with Crippen LogP contribution in [0.3, 0.4) is 0 Å². The summed E-state index contributed by atoms with van der Waals surface area (Å²) in [5.74, 6) is 2.39. The van der Waals surface area contributed by atoms with E-state index >= 15 is 0 Å². The van der Waals surface area contributed by atoms with Crippen LogP contribution in [0.25, 0.3) is 0 Å². The van der Waals surface area contributed by atoms with E-state index in [9.17, 15) is 0 Å². The van der Waals surface area contributed by atoms with Crippen molar-refractivity contribution in [2.45, 2.75) is 13.5 Å². The van der Waals surface area contributed by atoms with Crippen molar-refractivity contribution in [2.24, 2.45) is 10.9 Å². The summed E-state index contributed by atoms with van der Waals surface area (Å²) >= 11 is 0. The van der Waals surface area contributed by atoms with E-state index in [2.05, 4.69) is 34.7 Å². The lowest BCUT2D eigenvalue weighted by molar-refractivity contribution is 0.0932. The summed E-state index contributed by atoms with van der Waals surface area (Å²) in [6.07, 6.45) is 0. The zero-order valence-corrected chi connectivity index (χ0v) is 19.2. The van der Waals surface area contributed by atoms with Crippen LogP contribution in [0.15, 0.2) is 53.5 Å². The average Bonchev–Trinajstić information content (AvgIpc) is 2.71. The molecule has 28 heavy (non-hydrogen) atoms. The highest BCUT2D eigenvalue weighted by atomic mass is 127.